The zero-order valence-electron chi connectivity index (χ0n) is 19.7. The van der Waals surface area contributed by atoms with Gasteiger partial charge in [0.25, 0.3) is 5.91 Å². The molecule has 3 nitrogen and oxygen atoms in total. The van der Waals surface area contributed by atoms with E-state index in [0.29, 0.717) is 22.8 Å². The first kappa shape index (κ1) is 23.0. The summed E-state index contributed by atoms with van der Waals surface area (Å²) in [4.78, 5) is 17.4. The Kier molecular flexibility index (Phi) is 5.87. The molecule has 2 aliphatic heterocycles. The van der Waals surface area contributed by atoms with Crippen LogP contribution >= 0.6 is 23.4 Å². The summed E-state index contributed by atoms with van der Waals surface area (Å²) in [6.07, 6.45) is 0.557. The Morgan fingerprint density at radius 3 is 2.33 bits per heavy atom. The molecule has 0 spiro atoms. The fraction of sp³-hybridized carbons (Fsp3) is 0.129. The highest BCUT2D eigenvalue weighted by atomic mass is 35.5. The van der Waals surface area contributed by atoms with Gasteiger partial charge in [0, 0.05) is 27.2 Å². The maximum absolute atomic E-state index is 14.5. The lowest BCUT2D eigenvalue weighted by molar-refractivity contribution is -0.123. The number of fused-ring (bicyclic) bond motifs is 3. The van der Waals surface area contributed by atoms with E-state index in [1.165, 1.54) is 0 Å². The standard InChI is InChI=1S/C31H24ClNO2S/c1-21-29(22-11-4-2-5-12-22)30(34)33-26-17-8-9-18-27(26)36-28(23-13-10-16-25(32)19-23)20-31(33,35-21)24-14-6-3-7-15-24/h2-19,28H,20H2,1H3/t28-,31+/m0/s1. The number of hydrogen-bond acceptors (Lipinski definition) is 3. The number of hydrogen-bond donors (Lipinski definition) is 0. The van der Waals surface area contributed by atoms with E-state index in [4.69, 9.17) is 16.3 Å². The van der Waals surface area contributed by atoms with Gasteiger partial charge in [0.05, 0.1) is 11.3 Å². The van der Waals surface area contributed by atoms with Gasteiger partial charge in [-0.1, -0.05) is 96.5 Å². The minimum absolute atomic E-state index is 0.00827. The van der Waals surface area contributed by atoms with Gasteiger partial charge in [0.2, 0.25) is 5.72 Å². The third-order valence-corrected chi connectivity index (χ3v) is 8.36. The zero-order chi connectivity index (χ0) is 24.7. The molecule has 0 radical (unpaired) electrons. The molecule has 1 amide bonds. The maximum atomic E-state index is 14.5. The molecule has 6 rings (SSSR count). The number of nitrogens with zero attached hydrogens (tertiary/aromatic N) is 1. The molecule has 5 heteroatoms. The topological polar surface area (TPSA) is 29.5 Å². The third-order valence-electron chi connectivity index (χ3n) is 6.80. The number of carbonyl (C=O) groups is 1. The van der Waals surface area contributed by atoms with Crippen molar-refractivity contribution >= 4 is 40.5 Å². The number of para-hydroxylation sites is 1. The molecule has 0 saturated heterocycles. The predicted molar refractivity (Wildman–Crippen MR) is 147 cm³/mol. The first-order valence-electron chi connectivity index (χ1n) is 11.9. The fourth-order valence-corrected chi connectivity index (χ4v) is 6.76. The van der Waals surface area contributed by atoms with E-state index in [2.05, 4.69) is 24.3 Å². The molecule has 0 aromatic heterocycles. The summed E-state index contributed by atoms with van der Waals surface area (Å²) in [6.45, 7) is 1.90. The van der Waals surface area contributed by atoms with Crippen molar-refractivity contribution in [1.82, 2.24) is 0 Å². The molecule has 0 fully saturated rings. The number of halogens is 1. The predicted octanol–water partition coefficient (Wildman–Crippen LogP) is 8.22. The Balaban J connectivity index is 1.62. The van der Waals surface area contributed by atoms with E-state index >= 15 is 0 Å². The van der Waals surface area contributed by atoms with Crippen LogP contribution < -0.4 is 4.90 Å². The quantitative estimate of drug-likeness (QED) is 0.278. The number of thioether (sulfide) groups is 1. The van der Waals surface area contributed by atoms with E-state index in [1.54, 1.807) is 11.8 Å². The molecule has 0 N–H and O–H groups in total. The van der Waals surface area contributed by atoms with Crippen molar-refractivity contribution in [2.45, 2.75) is 29.2 Å². The second-order valence-electron chi connectivity index (χ2n) is 9.02. The van der Waals surface area contributed by atoms with Crippen LogP contribution in [0.3, 0.4) is 0 Å². The molecule has 0 aliphatic carbocycles. The Morgan fingerprint density at radius 2 is 1.58 bits per heavy atom. The molecule has 0 saturated carbocycles. The largest absolute Gasteiger partial charge is 0.467 e. The van der Waals surface area contributed by atoms with Crippen molar-refractivity contribution in [2.75, 3.05) is 4.90 Å². The molecule has 0 bridgehead atoms. The fourth-order valence-electron chi connectivity index (χ4n) is 5.23. The van der Waals surface area contributed by atoms with Crippen molar-refractivity contribution in [3.63, 3.8) is 0 Å². The number of carbonyl (C=O) groups excluding carboxylic acids is 1. The Labute approximate surface area is 220 Å². The van der Waals surface area contributed by atoms with Crippen LogP contribution in [0, 0.1) is 0 Å². The minimum Gasteiger partial charge on any atom is -0.467 e. The van der Waals surface area contributed by atoms with Gasteiger partial charge in [-0.05, 0) is 42.3 Å². The molecule has 4 aromatic carbocycles. The van der Waals surface area contributed by atoms with Gasteiger partial charge in [-0.3, -0.25) is 9.69 Å². The van der Waals surface area contributed by atoms with Crippen LogP contribution in [-0.4, -0.2) is 5.91 Å². The van der Waals surface area contributed by atoms with Crippen LogP contribution in [0.4, 0.5) is 5.69 Å². The van der Waals surface area contributed by atoms with E-state index in [9.17, 15) is 4.79 Å². The second-order valence-corrected chi connectivity index (χ2v) is 10.7. The summed E-state index contributed by atoms with van der Waals surface area (Å²) in [6, 6.07) is 35.9. The first-order valence-corrected chi connectivity index (χ1v) is 13.2. The Bertz CT molecular complexity index is 1470. The zero-order valence-corrected chi connectivity index (χ0v) is 21.3. The van der Waals surface area contributed by atoms with Gasteiger partial charge in [0.1, 0.15) is 5.76 Å². The number of allylic oxidation sites excluding steroid dienone is 1. The van der Waals surface area contributed by atoms with Crippen molar-refractivity contribution in [3.8, 4) is 0 Å². The number of rotatable bonds is 3. The summed E-state index contributed by atoms with van der Waals surface area (Å²) in [7, 11) is 0. The van der Waals surface area contributed by atoms with Gasteiger partial charge in [-0.25, -0.2) is 0 Å². The number of ether oxygens (including phenoxy) is 1. The molecule has 4 aromatic rings. The summed E-state index contributed by atoms with van der Waals surface area (Å²) < 4.78 is 6.96. The summed E-state index contributed by atoms with van der Waals surface area (Å²) >= 11 is 8.16. The number of amides is 1. The lowest BCUT2D eigenvalue weighted by Crippen LogP contribution is -2.55. The van der Waals surface area contributed by atoms with Crippen LogP contribution in [-0.2, 0) is 15.3 Å². The van der Waals surface area contributed by atoms with E-state index < -0.39 is 5.72 Å². The molecular weight excluding hydrogens is 486 g/mol. The van der Waals surface area contributed by atoms with Crippen LogP contribution in [0.25, 0.3) is 5.57 Å². The van der Waals surface area contributed by atoms with Gasteiger partial charge >= 0.3 is 0 Å². The molecule has 2 heterocycles. The van der Waals surface area contributed by atoms with Crippen molar-refractivity contribution < 1.29 is 9.53 Å². The van der Waals surface area contributed by atoms with E-state index in [1.807, 2.05) is 96.8 Å². The van der Waals surface area contributed by atoms with Crippen molar-refractivity contribution in [2.24, 2.45) is 0 Å². The second kappa shape index (κ2) is 9.20. The van der Waals surface area contributed by atoms with E-state index in [0.717, 1.165) is 27.3 Å². The van der Waals surface area contributed by atoms with Crippen LogP contribution in [0.5, 0.6) is 0 Å². The molecular formula is C31H24ClNO2S. The summed E-state index contributed by atoms with van der Waals surface area (Å²) in [5.41, 5.74) is 3.31. The SMILES string of the molecule is CC1=C(c2ccccc2)C(=O)N2c3ccccc3S[C@H](c3cccc(Cl)c3)C[C@]2(c2ccccc2)O1. The monoisotopic (exact) mass is 509 g/mol. The van der Waals surface area contributed by atoms with Gasteiger partial charge in [0.15, 0.2) is 0 Å². The normalized spacial score (nSPS) is 21.3. The smallest absolute Gasteiger partial charge is 0.265 e. The lowest BCUT2D eigenvalue weighted by Gasteiger charge is -2.47. The van der Waals surface area contributed by atoms with Crippen LogP contribution in [0.15, 0.2) is 120 Å². The lowest BCUT2D eigenvalue weighted by atomic mass is 9.89. The van der Waals surface area contributed by atoms with Gasteiger partial charge < -0.3 is 4.74 Å². The van der Waals surface area contributed by atoms with Gasteiger partial charge in [-0.15, -0.1) is 11.8 Å². The van der Waals surface area contributed by atoms with E-state index in [-0.39, 0.29) is 11.2 Å². The highest BCUT2D eigenvalue weighted by molar-refractivity contribution is 7.99. The van der Waals surface area contributed by atoms with Crippen molar-refractivity contribution in [1.29, 1.82) is 0 Å². The maximum Gasteiger partial charge on any atom is 0.265 e. The molecule has 178 valence electrons. The van der Waals surface area contributed by atoms with Crippen molar-refractivity contribution in [3.05, 3.63) is 137 Å². The Hall–Kier alpha value is -3.47. The summed E-state index contributed by atoms with van der Waals surface area (Å²) in [5, 5.41) is 0.702. The average Bonchev–Trinajstić information content (AvgIpc) is 3.05. The Morgan fingerprint density at radius 1 is 0.889 bits per heavy atom. The molecule has 0 unspecified atom stereocenters. The highest BCUT2D eigenvalue weighted by Gasteiger charge is 2.53. The molecule has 2 atom stereocenters. The average molecular weight is 510 g/mol. The minimum atomic E-state index is -1.02. The first-order chi connectivity index (χ1) is 17.6. The number of benzene rings is 4. The molecule has 36 heavy (non-hydrogen) atoms. The number of anilines is 1. The highest BCUT2D eigenvalue weighted by Crippen LogP contribution is 2.57. The summed E-state index contributed by atoms with van der Waals surface area (Å²) in [5.74, 6) is 0.564. The van der Waals surface area contributed by atoms with Crippen LogP contribution in [0.1, 0.15) is 35.3 Å². The third kappa shape index (κ3) is 3.82. The molecule has 2 aliphatic rings. The van der Waals surface area contributed by atoms with Crippen LogP contribution in [0.2, 0.25) is 5.02 Å². The van der Waals surface area contributed by atoms with Gasteiger partial charge in [-0.2, -0.15) is 0 Å².